The number of aliphatic hydroxyl groups excluding tert-OH is 1. The summed E-state index contributed by atoms with van der Waals surface area (Å²) in [5, 5.41) is 14.2. The van der Waals surface area contributed by atoms with Crippen LogP contribution in [0.1, 0.15) is 64.4 Å². The third-order valence-corrected chi connectivity index (χ3v) is 10.6. The number of amides is 4. The van der Waals surface area contributed by atoms with Crippen LogP contribution in [-0.4, -0.2) is 97.2 Å². The average molecular weight is 639 g/mol. The Balaban J connectivity index is 2.08. The van der Waals surface area contributed by atoms with Crippen molar-refractivity contribution in [3.05, 3.63) is 35.9 Å². The van der Waals surface area contributed by atoms with Crippen molar-refractivity contribution in [3.8, 4) is 0 Å². The van der Waals surface area contributed by atoms with Gasteiger partial charge in [-0.3, -0.25) is 19.5 Å². The minimum Gasteiger partial charge on any atom is -0.379 e. The molecule has 0 bridgehead atoms. The predicted octanol–water partition coefficient (Wildman–Crippen LogP) is 3.51. The molecule has 3 rings (SSSR count). The molecule has 12 nitrogen and oxygen atoms in total. The third kappa shape index (κ3) is 9.83. The summed E-state index contributed by atoms with van der Waals surface area (Å²) in [4.78, 5) is 44.4. The zero-order valence-electron chi connectivity index (χ0n) is 26.6. The maximum Gasteiger partial charge on any atom is 0.360 e. The van der Waals surface area contributed by atoms with Gasteiger partial charge in [0.1, 0.15) is 6.04 Å². The molecule has 1 aromatic carbocycles. The third-order valence-electron chi connectivity index (χ3n) is 8.57. The molecule has 2 fully saturated rings. The Bertz CT molecular complexity index is 1100. The summed E-state index contributed by atoms with van der Waals surface area (Å²) in [5.41, 5.74) is 7.38. The summed E-state index contributed by atoms with van der Waals surface area (Å²) < 4.78 is 29.4. The van der Waals surface area contributed by atoms with Crippen molar-refractivity contribution >= 4 is 25.4 Å². The number of carbonyl (C=O) groups excluding carboxylic acids is 3. The van der Waals surface area contributed by atoms with Crippen molar-refractivity contribution in [2.45, 2.75) is 89.2 Å². The largest absolute Gasteiger partial charge is 0.379 e. The molecule has 1 heterocycles. The molecular weight excluding hydrogens is 587 g/mol. The van der Waals surface area contributed by atoms with Crippen molar-refractivity contribution in [1.82, 2.24) is 15.1 Å². The second-order valence-electron chi connectivity index (χ2n) is 12.2. The summed E-state index contributed by atoms with van der Waals surface area (Å²) in [6, 6.07) is 5.27. The van der Waals surface area contributed by atoms with Crippen LogP contribution in [0, 0.1) is 11.8 Å². The van der Waals surface area contributed by atoms with Gasteiger partial charge in [-0.15, -0.1) is 0 Å². The first-order valence-corrected chi connectivity index (χ1v) is 17.3. The predicted molar refractivity (Wildman–Crippen MR) is 167 cm³/mol. The van der Waals surface area contributed by atoms with E-state index in [2.05, 4.69) is 5.32 Å². The fourth-order valence-corrected chi connectivity index (χ4v) is 7.44. The monoisotopic (exact) mass is 638 g/mol. The number of urea groups is 1. The molecule has 44 heavy (non-hydrogen) atoms. The summed E-state index contributed by atoms with van der Waals surface area (Å²) in [6.45, 7) is 5.17. The standard InChI is InChI=1S/C31H51N4O8P/c1-22(2)19-26(28(36)33-31(39)34-15-17-43-18-16-34)35(29(37)25(32)20-23-11-7-5-8-12-23)27(21-24-13-9-6-10-14-24)30(38)44(40,41-3)42-4/h5,7-8,11-12,22,24-27,30,38H,6,9-10,13-21,32H2,1-4H3,(H,33,36,39)/t25-,26-,27-,30?/m0/s1. The highest BCUT2D eigenvalue weighted by molar-refractivity contribution is 7.54. The van der Waals surface area contributed by atoms with Crippen LogP contribution in [0.4, 0.5) is 4.79 Å². The second kappa shape index (κ2) is 17.4. The Morgan fingerprint density at radius 2 is 1.70 bits per heavy atom. The van der Waals surface area contributed by atoms with Crippen molar-refractivity contribution in [2.75, 3.05) is 40.5 Å². The average Bonchev–Trinajstić information content (AvgIpc) is 3.04. The van der Waals surface area contributed by atoms with E-state index in [0.29, 0.717) is 26.3 Å². The van der Waals surface area contributed by atoms with Crippen LogP contribution in [0.25, 0.3) is 0 Å². The van der Waals surface area contributed by atoms with E-state index < -0.39 is 49.4 Å². The number of nitrogens with two attached hydrogens (primary N) is 1. The lowest BCUT2D eigenvalue weighted by atomic mass is 9.83. The lowest BCUT2D eigenvalue weighted by molar-refractivity contribution is -0.147. The van der Waals surface area contributed by atoms with Gasteiger partial charge in [0.25, 0.3) is 5.91 Å². The van der Waals surface area contributed by atoms with Gasteiger partial charge in [0.15, 0.2) is 5.85 Å². The fourth-order valence-electron chi connectivity index (χ4n) is 6.17. The SMILES string of the molecule is COP(=O)(OC)C(O)[C@H](CC1CCCCC1)N(C(=O)[C@@H](N)Cc1ccccc1)[C@@H](CC(C)C)C(=O)NC(=O)N1CCOCC1. The molecule has 1 aliphatic heterocycles. The van der Waals surface area contributed by atoms with E-state index in [4.69, 9.17) is 19.5 Å². The van der Waals surface area contributed by atoms with Crippen LogP contribution in [-0.2, 0) is 34.4 Å². The first-order chi connectivity index (χ1) is 21.0. The van der Waals surface area contributed by atoms with Gasteiger partial charge in [0.05, 0.1) is 25.3 Å². The highest BCUT2D eigenvalue weighted by Crippen LogP contribution is 2.53. The molecule has 248 valence electrons. The summed E-state index contributed by atoms with van der Waals surface area (Å²) in [7, 11) is -1.78. The first-order valence-electron chi connectivity index (χ1n) is 15.7. The number of morpholine rings is 1. The Morgan fingerprint density at radius 1 is 1.09 bits per heavy atom. The smallest absolute Gasteiger partial charge is 0.360 e. The molecule has 4 N–H and O–H groups in total. The van der Waals surface area contributed by atoms with E-state index in [1.54, 1.807) is 0 Å². The quantitative estimate of drug-likeness (QED) is 0.259. The number of nitrogens with zero attached hydrogens (tertiary/aromatic N) is 2. The molecule has 1 saturated carbocycles. The van der Waals surface area contributed by atoms with Gasteiger partial charge in [-0.25, -0.2) is 4.79 Å². The maximum absolute atomic E-state index is 14.5. The summed E-state index contributed by atoms with van der Waals surface area (Å²) in [5.74, 6) is -3.03. The van der Waals surface area contributed by atoms with E-state index >= 15 is 0 Å². The zero-order valence-corrected chi connectivity index (χ0v) is 27.5. The van der Waals surface area contributed by atoms with Crippen molar-refractivity contribution in [2.24, 2.45) is 17.6 Å². The van der Waals surface area contributed by atoms with Crippen LogP contribution in [0.5, 0.6) is 0 Å². The Morgan fingerprint density at radius 3 is 2.27 bits per heavy atom. The topological polar surface area (TPSA) is 161 Å². The van der Waals surface area contributed by atoms with Crippen molar-refractivity contribution < 1.29 is 37.8 Å². The molecule has 0 spiro atoms. The number of benzene rings is 1. The fraction of sp³-hybridized carbons (Fsp3) is 0.710. The number of imide groups is 1. The number of hydrogen-bond acceptors (Lipinski definition) is 9. The van der Waals surface area contributed by atoms with Gasteiger partial charge >= 0.3 is 13.6 Å². The number of aliphatic hydroxyl groups is 1. The van der Waals surface area contributed by atoms with Gasteiger partial charge in [0.2, 0.25) is 5.91 Å². The van der Waals surface area contributed by atoms with E-state index in [9.17, 15) is 24.1 Å². The lowest BCUT2D eigenvalue weighted by Gasteiger charge is -2.43. The molecule has 4 atom stereocenters. The number of ether oxygens (including phenoxy) is 1. The van der Waals surface area contributed by atoms with Gasteiger partial charge < -0.3 is 34.4 Å². The molecule has 1 saturated heterocycles. The van der Waals surface area contributed by atoms with Crippen molar-refractivity contribution in [3.63, 3.8) is 0 Å². The number of carbonyl (C=O) groups is 3. The molecule has 13 heteroatoms. The molecule has 2 aliphatic rings. The minimum absolute atomic E-state index is 0.0889. The molecule has 1 aliphatic carbocycles. The van der Waals surface area contributed by atoms with Crippen molar-refractivity contribution in [1.29, 1.82) is 0 Å². The van der Waals surface area contributed by atoms with Crippen LogP contribution >= 0.6 is 7.60 Å². The minimum atomic E-state index is -4.14. The zero-order chi connectivity index (χ0) is 32.3. The molecule has 0 aromatic heterocycles. The Labute approximate surface area is 261 Å². The Hall–Kier alpha value is -2.34. The number of nitrogens with one attached hydrogen (secondary N) is 1. The van der Waals surface area contributed by atoms with E-state index in [0.717, 1.165) is 37.7 Å². The normalized spacial score (nSPS) is 19.2. The molecular formula is C31H51N4O8P. The second-order valence-corrected chi connectivity index (χ2v) is 14.5. The highest BCUT2D eigenvalue weighted by atomic mass is 31.2. The number of rotatable bonds is 14. The van der Waals surface area contributed by atoms with Crippen LogP contribution in [0.3, 0.4) is 0 Å². The summed E-state index contributed by atoms with van der Waals surface area (Å²) in [6.07, 6.45) is 5.41. The van der Waals surface area contributed by atoms with Gasteiger partial charge in [-0.05, 0) is 36.7 Å². The molecule has 0 radical (unpaired) electrons. The van der Waals surface area contributed by atoms with Crippen LogP contribution in [0.2, 0.25) is 0 Å². The van der Waals surface area contributed by atoms with Crippen LogP contribution < -0.4 is 11.1 Å². The molecule has 4 amide bonds. The number of hydrogen-bond donors (Lipinski definition) is 3. The Kier molecular flexibility index (Phi) is 14.3. The summed E-state index contributed by atoms with van der Waals surface area (Å²) >= 11 is 0. The molecule has 1 aromatic rings. The van der Waals surface area contributed by atoms with Gasteiger partial charge in [-0.1, -0.05) is 76.3 Å². The van der Waals surface area contributed by atoms with Gasteiger partial charge in [-0.2, -0.15) is 0 Å². The van der Waals surface area contributed by atoms with E-state index in [1.807, 2.05) is 44.2 Å². The first kappa shape index (κ1) is 36.1. The van der Waals surface area contributed by atoms with Crippen LogP contribution in [0.15, 0.2) is 30.3 Å². The van der Waals surface area contributed by atoms with E-state index in [1.165, 1.54) is 24.0 Å². The highest BCUT2D eigenvalue weighted by Gasteiger charge is 2.48. The maximum atomic E-state index is 14.5. The van der Waals surface area contributed by atoms with E-state index in [-0.39, 0.29) is 31.1 Å². The van der Waals surface area contributed by atoms with Gasteiger partial charge in [0, 0.05) is 27.3 Å². The molecule has 1 unspecified atom stereocenters. The lowest BCUT2D eigenvalue weighted by Crippen LogP contribution is -2.62.